The molecule has 1 aromatic heterocycles. The van der Waals surface area contributed by atoms with Crippen LogP contribution < -0.4 is 4.90 Å². The molecular formula is C16H26N4O2. The predicted octanol–water partition coefficient (Wildman–Crippen LogP) is 0.776. The average Bonchev–Trinajstić information content (AvgIpc) is 2.90. The van der Waals surface area contributed by atoms with E-state index < -0.39 is 0 Å². The van der Waals surface area contributed by atoms with E-state index in [-0.39, 0.29) is 6.61 Å². The zero-order valence-corrected chi connectivity index (χ0v) is 13.3. The molecule has 2 aliphatic rings. The number of hydrogen-bond acceptors (Lipinski definition) is 6. The van der Waals surface area contributed by atoms with Crippen LogP contribution in [0.4, 0.5) is 5.95 Å². The number of ether oxygens (including phenoxy) is 1. The fourth-order valence-corrected chi connectivity index (χ4v) is 3.93. The Morgan fingerprint density at radius 3 is 2.68 bits per heavy atom. The van der Waals surface area contributed by atoms with Gasteiger partial charge in [0.1, 0.15) is 0 Å². The molecule has 1 spiro atoms. The van der Waals surface area contributed by atoms with Crippen LogP contribution in [0, 0.1) is 5.41 Å². The Bertz CT molecular complexity index is 462. The van der Waals surface area contributed by atoms with Gasteiger partial charge in [-0.3, -0.25) is 0 Å². The molecule has 0 aromatic carbocycles. The van der Waals surface area contributed by atoms with Gasteiger partial charge >= 0.3 is 0 Å². The second-order valence-corrected chi connectivity index (χ2v) is 6.56. The summed E-state index contributed by atoms with van der Waals surface area (Å²) in [4.78, 5) is 13.5. The second kappa shape index (κ2) is 6.89. The summed E-state index contributed by atoms with van der Waals surface area (Å²) in [6.45, 7) is 4.93. The van der Waals surface area contributed by atoms with E-state index in [0.717, 1.165) is 45.2 Å². The summed E-state index contributed by atoms with van der Waals surface area (Å²) in [5.74, 6) is 0.819. The highest BCUT2D eigenvalue weighted by Gasteiger charge is 2.46. The maximum absolute atomic E-state index is 9.10. The van der Waals surface area contributed by atoms with Crippen LogP contribution in [0.25, 0.3) is 0 Å². The Balaban J connectivity index is 1.71. The van der Waals surface area contributed by atoms with Crippen LogP contribution in [0.3, 0.4) is 0 Å². The monoisotopic (exact) mass is 306 g/mol. The Kier molecular flexibility index (Phi) is 4.90. The Morgan fingerprint density at radius 2 is 2.05 bits per heavy atom. The van der Waals surface area contributed by atoms with Crippen LogP contribution in [-0.2, 0) is 4.74 Å². The predicted molar refractivity (Wildman–Crippen MR) is 84.9 cm³/mol. The number of β-amino-alcohol motifs (C(OH)–C–C–N with tert-alkyl or cyclic N) is 1. The molecule has 2 aliphatic heterocycles. The van der Waals surface area contributed by atoms with Crippen LogP contribution in [0.5, 0.6) is 0 Å². The molecule has 6 heteroatoms. The number of rotatable bonds is 5. The lowest BCUT2D eigenvalue weighted by molar-refractivity contribution is 0.0953. The van der Waals surface area contributed by atoms with Crippen molar-refractivity contribution in [2.24, 2.45) is 5.41 Å². The van der Waals surface area contributed by atoms with Gasteiger partial charge in [-0.1, -0.05) is 0 Å². The van der Waals surface area contributed by atoms with Gasteiger partial charge in [-0.25, -0.2) is 9.97 Å². The van der Waals surface area contributed by atoms with Gasteiger partial charge < -0.3 is 19.6 Å². The molecule has 0 bridgehead atoms. The van der Waals surface area contributed by atoms with Gasteiger partial charge in [-0.05, 0) is 43.8 Å². The van der Waals surface area contributed by atoms with E-state index in [1.54, 1.807) is 19.5 Å². The van der Waals surface area contributed by atoms with Crippen molar-refractivity contribution in [3.63, 3.8) is 0 Å². The fraction of sp³-hybridized carbons (Fsp3) is 0.750. The van der Waals surface area contributed by atoms with Gasteiger partial charge in [0.25, 0.3) is 0 Å². The lowest BCUT2D eigenvalue weighted by Crippen LogP contribution is -2.42. The van der Waals surface area contributed by atoms with Gasteiger partial charge in [0, 0.05) is 32.6 Å². The zero-order chi connectivity index (χ0) is 15.4. The lowest BCUT2D eigenvalue weighted by Gasteiger charge is -2.39. The number of hydrogen-bond donors (Lipinski definition) is 1. The highest BCUT2D eigenvalue weighted by atomic mass is 16.5. The molecule has 22 heavy (non-hydrogen) atoms. The van der Waals surface area contributed by atoms with E-state index in [0.29, 0.717) is 11.5 Å². The maximum Gasteiger partial charge on any atom is 0.225 e. The van der Waals surface area contributed by atoms with Crippen molar-refractivity contribution in [1.29, 1.82) is 0 Å². The summed E-state index contributed by atoms with van der Waals surface area (Å²) in [6.07, 6.45) is 7.11. The number of aliphatic hydroxyl groups is 1. The van der Waals surface area contributed by atoms with Crippen molar-refractivity contribution >= 4 is 5.95 Å². The minimum atomic E-state index is 0.253. The molecule has 0 unspecified atom stereocenters. The van der Waals surface area contributed by atoms with Crippen molar-refractivity contribution in [1.82, 2.24) is 14.9 Å². The fourth-order valence-electron chi connectivity index (χ4n) is 3.93. The summed E-state index contributed by atoms with van der Waals surface area (Å²) in [6, 6.07) is 2.21. The molecule has 0 aliphatic carbocycles. The molecule has 122 valence electrons. The van der Waals surface area contributed by atoms with E-state index in [4.69, 9.17) is 9.84 Å². The molecule has 2 fully saturated rings. The van der Waals surface area contributed by atoms with E-state index in [9.17, 15) is 0 Å². The Morgan fingerprint density at radius 1 is 1.32 bits per heavy atom. The number of piperidine rings is 1. The molecule has 6 nitrogen and oxygen atoms in total. The quantitative estimate of drug-likeness (QED) is 0.867. The van der Waals surface area contributed by atoms with Crippen LogP contribution in [0.15, 0.2) is 18.5 Å². The van der Waals surface area contributed by atoms with Crippen molar-refractivity contribution in [2.45, 2.75) is 25.3 Å². The van der Waals surface area contributed by atoms with E-state index in [1.807, 2.05) is 6.07 Å². The number of aromatic nitrogens is 2. The molecule has 3 rings (SSSR count). The summed E-state index contributed by atoms with van der Waals surface area (Å²) in [7, 11) is 1.76. The zero-order valence-electron chi connectivity index (χ0n) is 13.3. The highest BCUT2D eigenvalue weighted by Crippen LogP contribution is 2.44. The van der Waals surface area contributed by atoms with Gasteiger partial charge in [0.2, 0.25) is 5.95 Å². The van der Waals surface area contributed by atoms with Gasteiger partial charge in [0.05, 0.1) is 19.3 Å². The Hall–Kier alpha value is -1.24. The molecule has 2 saturated heterocycles. The second-order valence-electron chi connectivity index (χ2n) is 6.56. The van der Waals surface area contributed by atoms with E-state index >= 15 is 0 Å². The van der Waals surface area contributed by atoms with E-state index in [2.05, 4.69) is 19.8 Å². The first kappa shape index (κ1) is 15.6. The topological polar surface area (TPSA) is 61.7 Å². The third kappa shape index (κ3) is 3.24. The lowest BCUT2D eigenvalue weighted by atomic mass is 9.76. The molecule has 0 saturated carbocycles. The standard InChI is InChI=1S/C16H26N4O2/c1-22-12-14-11-16(3-7-19(8-4-16)9-10-21)13-20(14)15-17-5-2-6-18-15/h2,5-6,14,21H,3-4,7-13H2,1H3/t14-/m0/s1. The minimum Gasteiger partial charge on any atom is -0.395 e. The molecular weight excluding hydrogens is 280 g/mol. The molecule has 1 atom stereocenters. The van der Waals surface area contributed by atoms with E-state index in [1.165, 1.54) is 12.8 Å². The molecule has 0 radical (unpaired) electrons. The number of anilines is 1. The largest absolute Gasteiger partial charge is 0.395 e. The number of methoxy groups -OCH3 is 1. The number of likely N-dealkylation sites (tertiary alicyclic amines) is 1. The first-order valence-corrected chi connectivity index (χ1v) is 8.12. The summed E-state index contributed by atoms with van der Waals surface area (Å²) < 4.78 is 5.43. The van der Waals surface area contributed by atoms with Crippen molar-refractivity contribution in [3.8, 4) is 0 Å². The minimum absolute atomic E-state index is 0.253. The summed E-state index contributed by atoms with van der Waals surface area (Å²) in [5.41, 5.74) is 0.342. The van der Waals surface area contributed by atoms with Crippen LogP contribution >= 0.6 is 0 Å². The molecule has 1 aromatic rings. The maximum atomic E-state index is 9.10. The first-order chi connectivity index (χ1) is 10.8. The van der Waals surface area contributed by atoms with Crippen LogP contribution in [-0.4, -0.2) is 72.5 Å². The SMILES string of the molecule is COC[C@@H]1CC2(CCN(CCO)CC2)CN1c1ncccn1. The van der Waals surface area contributed by atoms with Crippen molar-refractivity contribution in [3.05, 3.63) is 18.5 Å². The smallest absolute Gasteiger partial charge is 0.225 e. The molecule has 0 amide bonds. The van der Waals surface area contributed by atoms with Crippen LogP contribution in [0.2, 0.25) is 0 Å². The van der Waals surface area contributed by atoms with Gasteiger partial charge in [-0.2, -0.15) is 0 Å². The highest BCUT2D eigenvalue weighted by molar-refractivity contribution is 5.35. The number of aliphatic hydroxyl groups excluding tert-OH is 1. The van der Waals surface area contributed by atoms with Crippen molar-refractivity contribution in [2.75, 3.05) is 51.4 Å². The van der Waals surface area contributed by atoms with Gasteiger partial charge in [0.15, 0.2) is 0 Å². The molecule has 3 heterocycles. The first-order valence-electron chi connectivity index (χ1n) is 8.12. The summed E-state index contributed by atoms with van der Waals surface area (Å²) in [5, 5.41) is 9.10. The Labute approximate surface area is 132 Å². The molecule has 1 N–H and O–H groups in total. The average molecular weight is 306 g/mol. The van der Waals surface area contributed by atoms with Gasteiger partial charge in [-0.15, -0.1) is 0 Å². The van der Waals surface area contributed by atoms with Crippen LogP contribution in [0.1, 0.15) is 19.3 Å². The normalized spacial score (nSPS) is 25.0. The number of nitrogens with zero attached hydrogens (tertiary/aromatic N) is 4. The summed E-state index contributed by atoms with van der Waals surface area (Å²) >= 11 is 0. The van der Waals surface area contributed by atoms with Crippen molar-refractivity contribution < 1.29 is 9.84 Å². The third-order valence-corrected chi connectivity index (χ3v) is 5.12. The third-order valence-electron chi connectivity index (χ3n) is 5.12.